The van der Waals surface area contributed by atoms with E-state index in [2.05, 4.69) is 34.5 Å². The van der Waals surface area contributed by atoms with Gasteiger partial charge in [-0.25, -0.2) is 8.42 Å². The Morgan fingerprint density at radius 1 is 1.20 bits per heavy atom. The van der Waals surface area contributed by atoms with Crippen molar-refractivity contribution in [3.63, 3.8) is 0 Å². The lowest BCUT2D eigenvalue weighted by atomic mass is 10.0. The number of aryl methyl sites for hydroxylation is 1. The molecule has 1 N–H and O–H groups in total. The number of amides is 1. The SMILES string of the molecule is Cc1ccc([C@H](CNC(=O)CCS(=O)(=O)C2CCCC2)N(C)C)cc1. The molecule has 1 aromatic rings. The number of rotatable bonds is 8. The number of carbonyl (C=O) groups is 1. The van der Waals surface area contributed by atoms with Crippen LogP contribution in [0.4, 0.5) is 0 Å². The van der Waals surface area contributed by atoms with Crippen LogP contribution in [-0.4, -0.2) is 50.9 Å². The van der Waals surface area contributed by atoms with Gasteiger partial charge in [0.2, 0.25) is 5.91 Å². The van der Waals surface area contributed by atoms with E-state index in [1.165, 1.54) is 5.56 Å². The smallest absolute Gasteiger partial charge is 0.221 e. The summed E-state index contributed by atoms with van der Waals surface area (Å²) in [5, 5.41) is 2.66. The molecule has 0 aromatic heterocycles. The molecule has 0 heterocycles. The molecule has 25 heavy (non-hydrogen) atoms. The van der Waals surface area contributed by atoms with E-state index in [-0.39, 0.29) is 29.4 Å². The van der Waals surface area contributed by atoms with Gasteiger partial charge in [0.05, 0.1) is 17.0 Å². The summed E-state index contributed by atoms with van der Waals surface area (Å²) < 4.78 is 24.5. The Morgan fingerprint density at radius 2 is 1.80 bits per heavy atom. The van der Waals surface area contributed by atoms with Crippen LogP contribution in [0.2, 0.25) is 0 Å². The highest BCUT2D eigenvalue weighted by Crippen LogP contribution is 2.25. The second-order valence-corrected chi connectivity index (χ2v) is 9.62. The molecule has 2 rings (SSSR count). The third-order valence-corrected chi connectivity index (χ3v) is 7.26. The minimum atomic E-state index is -3.14. The zero-order chi connectivity index (χ0) is 18.4. The number of nitrogens with zero attached hydrogens (tertiary/aromatic N) is 1. The van der Waals surface area contributed by atoms with Crippen LogP contribution in [0.5, 0.6) is 0 Å². The number of sulfone groups is 1. The van der Waals surface area contributed by atoms with E-state index in [1.54, 1.807) is 0 Å². The van der Waals surface area contributed by atoms with E-state index in [0.717, 1.165) is 31.2 Å². The molecule has 0 saturated heterocycles. The van der Waals surface area contributed by atoms with E-state index >= 15 is 0 Å². The van der Waals surface area contributed by atoms with Crippen LogP contribution >= 0.6 is 0 Å². The van der Waals surface area contributed by atoms with Gasteiger partial charge in [0.25, 0.3) is 0 Å². The molecular weight excluding hydrogens is 336 g/mol. The third kappa shape index (κ3) is 5.82. The van der Waals surface area contributed by atoms with Gasteiger partial charge in [-0.2, -0.15) is 0 Å². The van der Waals surface area contributed by atoms with Gasteiger partial charge in [-0.1, -0.05) is 42.7 Å². The number of benzene rings is 1. The molecule has 1 aliphatic carbocycles. The van der Waals surface area contributed by atoms with Crippen molar-refractivity contribution >= 4 is 15.7 Å². The van der Waals surface area contributed by atoms with Crippen LogP contribution in [0.25, 0.3) is 0 Å². The molecule has 1 amide bonds. The normalized spacial score (nSPS) is 17.0. The van der Waals surface area contributed by atoms with Crippen molar-refractivity contribution in [3.8, 4) is 0 Å². The standard InChI is InChI=1S/C19H30N2O3S/c1-15-8-10-16(11-9-15)18(21(2)3)14-20-19(22)12-13-25(23,24)17-6-4-5-7-17/h8-11,17-18H,4-7,12-14H2,1-3H3,(H,20,22)/t18-/m0/s1. The summed E-state index contributed by atoms with van der Waals surface area (Å²) in [6.45, 7) is 2.51. The maximum atomic E-state index is 12.2. The first-order valence-corrected chi connectivity index (χ1v) is 10.7. The molecular formula is C19H30N2O3S. The summed E-state index contributed by atoms with van der Waals surface area (Å²) in [5.41, 5.74) is 2.33. The third-order valence-electron chi connectivity index (χ3n) is 5.00. The minimum Gasteiger partial charge on any atom is -0.354 e. The van der Waals surface area contributed by atoms with Crippen LogP contribution in [0.3, 0.4) is 0 Å². The Labute approximate surface area is 151 Å². The Balaban J connectivity index is 1.85. The molecule has 6 heteroatoms. The molecule has 0 unspecified atom stereocenters. The highest BCUT2D eigenvalue weighted by atomic mass is 32.2. The van der Waals surface area contributed by atoms with Crippen molar-refractivity contribution in [2.45, 2.75) is 50.3 Å². The fourth-order valence-electron chi connectivity index (χ4n) is 3.34. The molecule has 140 valence electrons. The quantitative estimate of drug-likeness (QED) is 0.767. The van der Waals surface area contributed by atoms with Crippen molar-refractivity contribution in [3.05, 3.63) is 35.4 Å². The molecule has 0 radical (unpaired) electrons. The van der Waals surface area contributed by atoms with E-state index in [1.807, 2.05) is 21.0 Å². The fourth-order valence-corrected chi connectivity index (χ4v) is 5.19. The van der Waals surface area contributed by atoms with E-state index in [4.69, 9.17) is 0 Å². The summed E-state index contributed by atoms with van der Waals surface area (Å²) in [7, 11) is 0.809. The Morgan fingerprint density at radius 3 is 2.36 bits per heavy atom. The zero-order valence-corrected chi connectivity index (χ0v) is 16.3. The number of likely N-dealkylation sites (N-methyl/N-ethyl adjacent to an activating group) is 1. The van der Waals surface area contributed by atoms with Crippen molar-refractivity contribution in [2.24, 2.45) is 0 Å². The first-order valence-electron chi connectivity index (χ1n) is 9.01. The molecule has 0 bridgehead atoms. The minimum absolute atomic E-state index is 0.0410. The van der Waals surface area contributed by atoms with Crippen molar-refractivity contribution in [1.82, 2.24) is 10.2 Å². The van der Waals surface area contributed by atoms with Crippen molar-refractivity contribution in [1.29, 1.82) is 0 Å². The number of carbonyl (C=O) groups excluding carboxylic acids is 1. The Bertz CT molecular complexity index is 662. The largest absolute Gasteiger partial charge is 0.354 e. The maximum Gasteiger partial charge on any atom is 0.221 e. The molecule has 1 saturated carbocycles. The highest BCUT2D eigenvalue weighted by Gasteiger charge is 2.29. The summed E-state index contributed by atoms with van der Waals surface area (Å²) in [6, 6.07) is 8.31. The summed E-state index contributed by atoms with van der Waals surface area (Å²) >= 11 is 0. The lowest BCUT2D eigenvalue weighted by Gasteiger charge is -2.25. The molecule has 1 atom stereocenters. The van der Waals surface area contributed by atoms with E-state index in [9.17, 15) is 13.2 Å². The van der Waals surface area contributed by atoms with Crippen LogP contribution in [0.1, 0.15) is 49.3 Å². The van der Waals surface area contributed by atoms with E-state index in [0.29, 0.717) is 6.54 Å². The van der Waals surface area contributed by atoms with Crippen LogP contribution < -0.4 is 5.32 Å². The Hall–Kier alpha value is -1.40. The molecule has 1 fully saturated rings. The maximum absolute atomic E-state index is 12.2. The summed E-state index contributed by atoms with van der Waals surface area (Å²) in [6.07, 6.45) is 3.52. The zero-order valence-electron chi connectivity index (χ0n) is 15.5. The molecule has 0 aliphatic heterocycles. The van der Waals surface area contributed by atoms with Crippen LogP contribution in [0.15, 0.2) is 24.3 Å². The fraction of sp³-hybridized carbons (Fsp3) is 0.632. The van der Waals surface area contributed by atoms with Gasteiger partial charge >= 0.3 is 0 Å². The highest BCUT2D eigenvalue weighted by molar-refractivity contribution is 7.92. The average Bonchev–Trinajstić information content (AvgIpc) is 3.10. The second kappa shape index (κ2) is 8.81. The monoisotopic (exact) mass is 366 g/mol. The van der Waals surface area contributed by atoms with E-state index < -0.39 is 9.84 Å². The van der Waals surface area contributed by atoms with Crippen LogP contribution in [0, 0.1) is 6.92 Å². The second-order valence-electron chi connectivity index (χ2n) is 7.22. The van der Waals surface area contributed by atoms with Crippen molar-refractivity contribution < 1.29 is 13.2 Å². The Kier molecular flexibility index (Phi) is 7.02. The predicted molar refractivity (Wildman–Crippen MR) is 101 cm³/mol. The number of nitrogens with one attached hydrogen (secondary N) is 1. The van der Waals surface area contributed by atoms with Gasteiger partial charge < -0.3 is 10.2 Å². The van der Waals surface area contributed by atoms with Gasteiger partial charge in [-0.05, 0) is 39.4 Å². The molecule has 0 spiro atoms. The molecule has 1 aliphatic rings. The first-order chi connectivity index (χ1) is 11.8. The number of hydrogen-bond donors (Lipinski definition) is 1. The topological polar surface area (TPSA) is 66.5 Å². The average molecular weight is 367 g/mol. The number of hydrogen-bond acceptors (Lipinski definition) is 4. The van der Waals surface area contributed by atoms with Gasteiger partial charge in [0.1, 0.15) is 0 Å². The van der Waals surface area contributed by atoms with Gasteiger partial charge in [0.15, 0.2) is 9.84 Å². The van der Waals surface area contributed by atoms with Gasteiger partial charge in [0, 0.05) is 13.0 Å². The van der Waals surface area contributed by atoms with Crippen molar-refractivity contribution in [2.75, 3.05) is 26.4 Å². The van der Waals surface area contributed by atoms with Gasteiger partial charge in [-0.3, -0.25) is 4.79 Å². The first kappa shape index (κ1) is 19.9. The molecule has 1 aromatic carbocycles. The predicted octanol–water partition coefficient (Wildman–Crippen LogP) is 2.46. The van der Waals surface area contributed by atoms with Gasteiger partial charge in [-0.15, -0.1) is 0 Å². The lowest BCUT2D eigenvalue weighted by molar-refractivity contribution is -0.120. The van der Waals surface area contributed by atoms with Crippen LogP contribution in [-0.2, 0) is 14.6 Å². The molecule has 5 nitrogen and oxygen atoms in total. The summed E-state index contributed by atoms with van der Waals surface area (Å²) in [4.78, 5) is 14.2. The lowest BCUT2D eigenvalue weighted by Crippen LogP contribution is -2.35. The summed E-state index contributed by atoms with van der Waals surface area (Å²) in [5.74, 6) is -0.235.